The molecule has 2 aromatic rings. The van der Waals surface area contributed by atoms with Crippen LogP contribution in [-0.4, -0.2) is 31.2 Å². The van der Waals surface area contributed by atoms with Crippen LogP contribution in [0.4, 0.5) is 11.4 Å². The number of carbonyl (C=O) groups excluding carboxylic acids is 1. The van der Waals surface area contributed by atoms with Crippen LogP contribution < -0.4 is 19.5 Å². The highest BCUT2D eigenvalue weighted by Gasteiger charge is 2.14. The first-order valence-corrected chi connectivity index (χ1v) is 7.63. The van der Waals surface area contributed by atoms with Gasteiger partial charge < -0.3 is 19.5 Å². The van der Waals surface area contributed by atoms with Crippen molar-refractivity contribution in [2.24, 2.45) is 0 Å². The number of methoxy groups -OCH3 is 1. The van der Waals surface area contributed by atoms with Gasteiger partial charge in [0, 0.05) is 6.07 Å². The van der Waals surface area contributed by atoms with E-state index in [4.69, 9.17) is 14.2 Å². The summed E-state index contributed by atoms with van der Waals surface area (Å²) in [4.78, 5) is 22.4. The lowest BCUT2D eigenvalue weighted by molar-refractivity contribution is -0.384. The summed E-state index contributed by atoms with van der Waals surface area (Å²) < 4.78 is 16.0. The maximum absolute atomic E-state index is 12.1. The maximum atomic E-state index is 12.1. The number of non-ortho nitro benzene ring substituents is 1. The molecule has 2 rings (SSSR count). The minimum atomic E-state index is -0.544. The number of rotatable bonds is 9. The first-order chi connectivity index (χ1) is 12.5. The van der Waals surface area contributed by atoms with Gasteiger partial charge in [-0.3, -0.25) is 14.9 Å². The molecule has 0 aliphatic carbocycles. The highest BCUT2D eigenvalue weighted by atomic mass is 16.6. The molecule has 0 aromatic heterocycles. The zero-order valence-electron chi connectivity index (χ0n) is 14.1. The summed E-state index contributed by atoms with van der Waals surface area (Å²) in [5, 5.41) is 13.4. The Labute approximate surface area is 150 Å². The van der Waals surface area contributed by atoms with Crippen LogP contribution in [0.5, 0.6) is 17.2 Å². The highest BCUT2D eigenvalue weighted by Crippen LogP contribution is 2.29. The minimum Gasteiger partial charge on any atom is -0.494 e. The quantitative estimate of drug-likeness (QED) is 0.420. The van der Waals surface area contributed by atoms with Gasteiger partial charge in [-0.2, -0.15) is 0 Å². The number of hydrogen-bond donors (Lipinski definition) is 1. The number of benzene rings is 2. The lowest BCUT2D eigenvalue weighted by Crippen LogP contribution is -2.20. The minimum absolute atomic E-state index is 0.135. The molecule has 0 aliphatic heterocycles. The van der Waals surface area contributed by atoms with E-state index in [-0.39, 0.29) is 18.0 Å². The lowest BCUT2D eigenvalue weighted by atomic mass is 10.2. The normalized spacial score (nSPS) is 9.88. The first-order valence-electron chi connectivity index (χ1n) is 7.63. The zero-order valence-corrected chi connectivity index (χ0v) is 14.1. The molecule has 1 N–H and O–H groups in total. The van der Waals surface area contributed by atoms with Gasteiger partial charge in [-0.15, -0.1) is 0 Å². The van der Waals surface area contributed by atoms with Crippen molar-refractivity contribution in [2.75, 3.05) is 25.6 Å². The molecule has 136 valence electrons. The van der Waals surface area contributed by atoms with E-state index in [9.17, 15) is 14.9 Å². The second kappa shape index (κ2) is 9.07. The van der Waals surface area contributed by atoms with E-state index >= 15 is 0 Å². The average Bonchev–Trinajstić information content (AvgIpc) is 2.65. The second-order valence-electron chi connectivity index (χ2n) is 5.02. The summed E-state index contributed by atoms with van der Waals surface area (Å²) in [7, 11) is 1.36. The van der Waals surface area contributed by atoms with Crippen molar-refractivity contribution in [2.45, 2.75) is 0 Å². The van der Waals surface area contributed by atoms with Crippen molar-refractivity contribution in [3.8, 4) is 17.2 Å². The van der Waals surface area contributed by atoms with Gasteiger partial charge in [0.15, 0.2) is 18.1 Å². The summed E-state index contributed by atoms with van der Waals surface area (Å²) in [5.41, 5.74) is 0.173. The third-order valence-electron chi connectivity index (χ3n) is 3.23. The third-order valence-corrected chi connectivity index (χ3v) is 3.23. The van der Waals surface area contributed by atoms with Gasteiger partial charge in [0.25, 0.3) is 11.6 Å². The fourth-order valence-corrected chi connectivity index (χ4v) is 2.06. The predicted molar refractivity (Wildman–Crippen MR) is 95.9 cm³/mol. The fourth-order valence-electron chi connectivity index (χ4n) is 2.06. The van der Waals surface area contributed by atoms with Crippen molar-refractivity contribution in [3.63, 3.8) is 0 Å². The summed E-state index contributed by atoms with van der Waals surface area (Å²) in [6.45, 7) is 3.62. The van der Waals surface area contributed by atoms with Gasteiger partial charge in [0.1, 0.15) is 12.4 Å². The Morgan fingerprint density at radius 1 is 1.19 bits per heavy atom. The van der Waals surface area contributed by atoms with Crippen LogP contribution >= 0.6 is 0 Å². The molecule has 0 spiro atoms. The van der Waals surface area contributed by atoms with Gasteiger partial charge in [-0.1, -0.05) is 24.8 Å². The molecular weight excluding hydrogens is 340 g/mol. The molecular formula is C18H18N2O6. The predicted octanol–water partition coefficient (Wildman–Crippen LogP) is 3.19. The molecule has 2 aromatic carbocycles. The van der Waals surface area contributed by atoms with E-state index in [2.05, 4.69) is 11.9 Å². The number of nitrogens with zero attached hydrogens (tertiary/aromatic N) is 1. The van der Waals surface area contributed by atoms with Crippen molar-refractivity contribution in [3.05, 3.63) is 65.2 Å². The number of para-hydroxylation sites is 2. The molecule has 0 bridgehead atoms. The van der Waals surface area contributed by atoms with Crippen molar-refractivity contribution in [1.82, 2.24) is 0 Å². The molecule has 0 aliphatic rings. The summed E-state index contributed by atoms with van der Waals surface area (Å²) >= 11 is 0. The zero-order chi connectivity index (χ0) is 18.9. The maximum Gasteiger partial charge on any atom is 0.273 e. The molecule has 0 saturated heterocycles. The molecule has 26 heavy (non-hydrogen) atoms. The first kappa shape index (κ1) is 18.8. The molecule has 0 heterocycles. The SMILES string of the molecule is C=CCOc1ccccc1OCC(=O)Nc1ccc([N+](=O)[O-])cc1OC. The number of amides is 1. The Morgan fingerprint density at radius 2 is 1.88 bits per heavy atom. The number of nitro groups is 1. The van der Waals surface area contributed by atoms with Crippen LogP contribution in [-0.2, 0) is 4.79 Å². The number of ether oxygens (including phenoxy) is 3. The van der Waals surface area contributed by atoms with Crippen molar-refractivity contribution >= 4 is 17.3 Å². The largest absolute Gasteiger partial charge is 0.494 e. The highest BCUT2D eigenvalue weighted by molar-refractivity contribution is 5.93. The third kappa shape index (κ3) is 4.97. The molecule has 0 unspecified atom stereocenters. The molecule has 0 atom stereocenters. The Hall–Kier alpha value is -3.55. The molecule has 0 saturated carbocycles. The van der Waals surface area contributed by atoms with E-state index in [0.29, 0.717) is 23.8 Å². The topological polar surface area (TPSA) is 99.9 Å². The average molecular weight is 358 g/mol. The summed E-state index contributed by atoms with van der Waals surface area (Å²) in [6, 6.07) is 10.8. The van der Waals surface area contributed by atoms with Crippen molar-refractivity contribution in [1.29, 1.82) is 0 Å². The van der Waals surface area contributed by atoms with Gasteiger partial charge in [-0.05, 0) is 18.2 Å². The van der Waals surface area contributed by atoms with E-state index in [1.807, 2.05) is 0 Å². The lowest BCUT2D eigenvalue weighted by Gasteiger charge is -2.13. The van der Waals surface area contributed by atoms with Gasteiger partial charge in [0.05, 0.1) is 23.8 Å². The van der Waals surface area contributed by atoms with Crippen LogP contribution in [0.25, 0.3) is 0 Å². The van der Waals surface area contributed by atoms with Crippen LogP contribution in [0.3, 0.4) is 0 Å². The second-order valence-corrected chi connectivity index (χ2v) is 5.02. The molecule has 8 heteroatoms. The van der Waals surface area contributed by atoms with Crippen molar-refractivity contribution < 1.29 is 23.9 Å². The van der Waals surface area contributed by atoms with Crippen LogP contribution in [0.1, 0.15) is 0 Å². The summed E-state index contributed by atoms with van der Waals surface area (Å²) in [5.74, 6) is 0.645. The number of nitrogens with one attached hydrogen (secondary N) is 1. The van der Waals surface area contributed by atoms with Crippen LogP contribution in [0.2, 0.25) is 0 Å². The van der Waals surface area contributed by atoms with E-state index in [1.54, 1.807) is 30.3 Å². The molecule has 0 fully saturated rings. The van der Waals surface area contributed by atoms with E-state index < -0.39 is 10.8 Å². The number of anilines is 1. The smallest absolute Gasteiger partial charge is 0.273 e. The van der Waals surface area contributed by atoms with Gasteiger partial charge in [-0.25, -0.2) is 0 Å². The van der Waals surface area contributed by atoms with E-state index in [0.717, 1.165) is 0 Å². The number of nitro benzene ring substituents is 1. The Balaban J connectivity index is 2.01. The molecule has 8 nitrogen and oxygen atoms in total. The number of hydrogen-bond acceptors (Lipinski definition) is 6. The van der Waals surface area contributed by atoms with E-state index in [1.165, 1.54) is 25.3 Å². The Kier molecular flexibility index (Phi) is 6.55. The number of carbonyl (C=O) groups is 1. The van der Waals surface area contributed by atoms with Crippen LogP contribution in [0, 0.1) is 10.1 Å². The Morgan fingerprint density at radius 3 is 2.50 bits per heavy atom. The monoisotopic (exact) mass is 358 g/mol. The Bertz CT molecular complexity index is 806. The molecule has 0 radical (unpaired) electrons. The van der Waals surface area contributed by atoms with Gasteiger partial charge in [0.2, 0.25) is 0 Å². The summed E-state index contributed by atoms with van der Waals surface area (Å²) in [6.07, 6.45) is 1.60. The molecule has 1 amide bonds. The van der Waals surface area contributed by atoms with Gasteiger partial charge >= 0.3 is 0 Å². The fraction of sp³-hybridized carbons (Fsp3) is 0.167. The standard InChI is InChI=1S/C18H18N2O6/c1-3-10-25-15-6-4-5-7-16(15)26-12-18(21)19-14-9-8-13(20(22)23)11-17(14)24-2/h3-9,11H,1,10,12H2,2H3,(H,19,21). The van der Waals surface area contributed by atoms with Crippen LogP contribution in [0.15, 0.2) is 55.1 Å².